The summed E-state index contributed by atoms with van der Waals surface area (Å²) in [5, 5.41) is 4.04. The van der Waals surface area contributed by atoms with Gasteiger partial charge in [0.15, 0.2) is 0 Å². The lowest BCUT2D eigenvalue weighted by Crippen LogP contribution is -2.27. The third-order valence-corrected chi connectivity index (χ3v) is 5.90. The van der Waals surface area contributed by atoms with Crippen LogP contribution < -0.4 is 4.72 Å². The van der Waals surface area contributed by atoms with E-state index < -0.39 is 10.0 Å². The van der Waals surface area contributed by atoms with Gasteiger partial charge in [-0.05, 0) is 42.6 Å². The number of nitrogens with zero attached hydrogens (tertiary/aromatic N) is 3. The molecule has 1 heterocycles. The average Bonchev–Trinajstić information content (AvgIpc) is 3.08. The summed E-state index contributed by atoms with van der Waals surface area (Å²) in [6.07, 6.45) is 0. The first-order chi connectivity index (χ1) is 11.8. The van der Waals surface area contributed by atoms with Gasteiger partial charge in [-0.3, -0.25) is 4.79 Å². The Morgan fingerprint density at radius 3 is 2.72 bits per heavy atom. The van der Waals surface area contributed by atoms with E-state index in [1.807, 2.05) is 20.8 Å². The summed E-state index contributed by atoms with van der Waals surface area (Å²) in [5.41, 5.74) is 1.13. The molecule has 0 fully saturated rings. The molecule has 0 saturated carbocycles. The van der Waals surface area contributed by atoms with E-state index in [2.05, 4.69) is 14.3 Å². The van der Waals surface area contributed by atoms with Gasteiger partial charge < -0.3 is 4.90 Å². The van der Waals surface area contributed by atoms with Crippen LogP contribution in [0.15, 0.2) is 29.2 Å². The van der Waals surface area contributed by atoms with Crippen molar-refractivity contribution in [2.24, 2.45) is 0 Å². The molecule has 0 atom stereocenters. The maximum absolute atomic E-state index is 12.6. The van der Waals surface area contributed by atoms with Crippen LogP contribution in [0.3, 0.4) is 0 Å². The first-order valence-corrected chi connectivity index (χ1v) is 10.2. The summed E-state index contributed by atoms with van der Waals surface area (Å²) in [6, 6.07) is 6.04. The lowest BCUT2D eigenvalue weighted by molar-refractivity contribution is 0.0802. The number of nitrogens with one attached hydrogen (secondary N) is 1. The molecule has 7 nitrogen and oxygen atoms in total. The highest BCUT2D eigenvalue weighted by molar-refractivity contribution is 7.89. The molecular weight excluding hydrogens is 360 g/mol. The third-order valence-electron chi connectivity index (χ3n) is 3.77. The van der Waals surface area contributed by atoms with Gasteiger partial charge in [0.2, 0.25) is 10.0 Å². The Labute approximate surface area is 152 Å². The highest BCUT2D eigenvalue weighted by Gasteiger charge is 2.19. The number of sulfonamides is 1. The van der Waals surface area contributed by atoms with Crippen molar-refractivity contribution in [2.75, 3.05) is 13.6 Å². The van der Waals surface area contributed by atoms with Crippen molar-refractivity contribution in [3.63, 3.8) is 0 Å². The molecule has 1 aromatic carbocycles. The minimum atomic E-state index is -3.74. The summed E-state index contributed by atoms with van der Waals surface area (Å²) in [5.74, 6) is -0.0444. The van der Waals surface area contributed by atoms with Crippen molar-refractivity contribution < 1.29 is 13.2 Å². The Morgan fingerprint density at radius 2 is 2.08 bits per heavy atom. The molecule has 0 bridgehead atoms. The van der Waals surface area contributed by atoms with E-state index in [1.54, 1.807) is 19.2 Å². The number of aromatic nitrogens is 2. The Kier molecular flexibility index (Phi) is 6.26. The fourth-order valence-corrected chi connectivity index (χ4v) is 4.05. The van der Waals surface area contributed by atoms with E-state index in [4.69, 9.17) is 0 Å². The lowest BCUT2D eigenvalue weighted by Gasteiger charge is -2.15. The Morgan fingerprint density at radius 1 is 1.36 bits per heavy atom. The van der Waals surface area contributed by atoms with Gasteiger partial charge in [-0.1, -0.05) is 24.4 Å². The zero-order chi connectivity index (χ0) is 18.6. The van der Waals surface area contributed by atoms with Gasteiger partial charge >= 0.3 is 0 Å². The maximum Gasteiger partial charge on any atom is 0.253 e. The second kappa shape index (κ2) is 8.03. The van der Waals surface area contributed by atoms with Crippen LogP contribution in [0.4, 0.5) is 0 Å². The number of carbonyl (C=O) groups is 1. The molecule has 0 radical (unpaired) electrons. The first kappa shape index (κ1) is 19.5. The molecular formula is C16H22N4O3S2. The minimum Gasteiger partial charge on any atom is -0.342 e. The van der Waals surface area contributed by atoms with Crippen molar-refractivity contribution in [3.8, 4) is 0 Å². The van der Waals surface area contributed by atoms with Crippen LogP contribution in [0.1, 0.15) is 47.6 Å². The summed E-state index contributed by atoms with van der Waals surface area (Å²) < 4.78 is 31.6. The molecule has 1 N–H and O–H groups in total. The predicted octanol–water partition coefficient (Wildman–Crippen LogP) is 2.23. The third kappa shape index (κ3) is 4.62. The van der Waals surface area contributed by atoms with Crippen LogP contribution in [-0.4, -0.2) is 42.4 Å². The van der Waals surface area contributed by atoms with Crippen LogP contribution in [0.25, 0.3) is 0 Å². The van der Waals surface area contributed by atoms with Gasteiger partial charge in [-0.15, -0.1) is 5.10 Å². The van der Waals surface area contributed by atoms with Crippen molar-refractivity contribution in [1.82, 2.24) is 19.2 Å². The SMILES string of the molecule is CCN(C)C(=O)c1cccc(S(=O)(=O)NCc2snnc2C(C)C)c1. The number of rotatable bonds is 7. The molecule has 0 aliphatic carbocycles. The average molecular weight is 383 g/mol. The topological polar surface area (TPSA) is 92.3 Å². The van der Waals surface area contributed by atoms with Crippen molar-refractivity contribution in [2.45, 2.75) is 38.1 Å². The van der Waals surface area contributed by atoms with Gasteiger partial charge in [-0.25, -0.2) is 13.1 Å². The van der Waals surface area contributed by atoms with E-state index in [0.717, 1.165) is 10.6 Å². The van der Waals surface area contributed by atoms with Gasteiger partial charge in [0, 0.05) is 25.7 Å². The lowest BCUT2D eigenvalue weighted by atomic mass is 10.1. The monoisotopic (exact) mass is 382 g/mol. The highest BCUT2D eigenvalue weighted by Crippen LogP contribution is 2.20. The molecule has 25 heavy (non-hydrogen) atoms. The summed E-state index contributed by atoms with van der Waals surface area (Å²) in [7, 11) is -2.06. The second-order valence-corrected chi connectivity index (χ2v) is 8.51. The van der Waals surface area contributed by atoms with Gasteiger partial charge in [0.25, 0.3) is 5.91 Å². The van der Waals surface area contributed by atoms with Crippen LogP contribution in [-0.2, 0) is 16.6 Å². The van der Waals surface area contributed by atoms with Crippen LogP contribution in [0.5, 0.6) is 0 Å². The number of hydrogen-bond acceptors (Lipinski definition) is 6. The molecule has 0 spiro atoms. The maximum atomic E-state index is 12.6. The minimum absolute atomic E-state index is 0.0615. The van der Waals surface area contributed by atoms with E-state index in [0.29, 0.717) is 12.1 Å². The molecule has 1 aromatic heterocycles. The Hall–Kier alpha value is -1.84. The van der Waals surface area contributed by atoms with Crippen molar-refractivity contribution in [3.05, 3.63) is 40.4 Å². The molecule has 0 aliphatic rings. The zero-order valence-corrected chi connectivity index (χ0v) is 16.3. The largest absolute Gasteiger partial charge is 0.342 e. The molecule has 2 aromatic rings. The zero-order valence-electron chi connectivity index (χ0n) is 14.7. The van der Waals surface area contributed by atoms with Gasteiger partial charge in [-0.2, -0.15) is 0 Å². The molecule has 0 aliphatic heterocycles. The van der Waals surface area contributed by atoms with Crippen LogP contribution in [0.2, 0.25) is 0 Å². The molecule has 0 unspecified atom stereocenters. The quantitative estimate of drug-likeness (QED) is 0.793. The molecule has 1 amide bonds. The van der Waals surface area contributed by atoms with Crippen LogP contribution in [0, 0.1) is 0 Å². The molecule has 9 heteroatoms. The van der Waals surface area contributed by atoms with Crippen molar-refractivity contribution in [1.29, 1.82) is 0 Å². The smallest absolute Gasteiger partial charge is 0.253 e. The van der Waals surface area contributed by atoms with E-state index in [-0.39, 0.29) is 23.3 Å². The van der Waals surface area contributed by atoms with Gasteiger partial charge in [0.05, 0.1) is 15.5 Å². The fourth-order valence-electron chi connectivity index (χ4n) is 2.18. The van der Waals surface area contributed by atoms with Crippen LogP contribution >= 0.6 is 11.5 Å². The number of amides is 1. The molecule has 136 valence electrons. The van der Waals surface area contributed by atoms with Crippen molar-refractivity contribution >= 4 is 27.5 Å². The summed E-state index contributed by atoms with van der Waals surface area (Å²) in [4.78, 5) is 14.6. The standard InChI is InChI=1S/C16H22N4O3S2/c1-5-20(4)16(21)12-7-6-8-13(9-12)25(22,23)17-10-14-15(11(2)3)18-19-24-14/h6-9,11,17H,5,10H2,1-4H3. The normalized spacial score (nSPS) is 11.7. The summed E-state index contributed by atoms with van der Waals surface area (Å²) >= 11 is 1.18. The fraction of sp³-hybridized carbons (Fsp3) is 0.438. The van der Waals surface area contributed by atoms with E-state index in [1.165, 1.54) is 28.6 Å². The molecule has 0 saturated heterocycles. The predicted molar refractivity (Wildman–Crippen MR) is 97.1 cm³/mol. The summed E-state index contributed by atoms with van der Waals surface area (Å²) in [6.45, 7) is 6.49. The highest BCUT2D eigenvalue weighted by atomic mass is 32.2. The van der Waals surface area contributed by atoms with E-state index in [9.17, 15) is 13.2 Å². The number of carbonyl (C=O) groups excluding carboxylic acids is 1. The molecule has 2 rings (SSSR count). The first-order valence-electron chi connectivity index (χ1n) is 7.92. The van der Waals surface area contributed by atoms with Gasteiger partial charge in [0.1, 0.15) is 0 Å². The number of hydrogen-bond donors (Lipinski definition) is 1. The Balaban J connectivity index is 2.19. The Bertz CT molecular complexity index is 847. The number of benzene rings is 1. The van der Waals surface area contributed by atoms with E-state index >= 15 is 0 Å². The second-order valence-electron chi connectivity index (χ2n) is 5.91.